The highest BCUT2D eigenvalue weighted by Gasteiger charge is 2.77. The number of esters is 1. The SMILES string of the molecule is COC(=O)CC(C)C1([N+](=O)[O-])C2CC3C4CC5CC3C1C(C5)C4C2. The van der Waals surface area contributed by atoms with Crippen molar-refractivity contribution in [3.8, 4) is 0 Å². The van der Waals surface area contributed by atoms with Crippen molar-refractivity contribution >= 4 is 5.97 Å². The second-order valence-electron chi connectivity index (χ2n) is 9.41. The molecule has 0 radical (unpaired) electrons. The molecule has 0 N–H and O–H groups in total. The molecule has 0 heterocycles. The van der Waals surface area contributed by atoms with Gasteiger partial charge in [-0.2, -0.15) is 0 Å². The zero-order valence-electron chi connectivity index (χ0n) is 14.5. The third-order valence-corrected chi connectivity index (χ3v) is 9.05. The second kappa shape index (κ2) is 4.73. The van der Waals surface area contributed by atoms with Gasteiger partial charge in [0.15, 0.2) is 0 Å². The van der Waals surface area contributed by atoms with E-state index in [1.807, 2.05) is 6.92 Å². The molecule has 6 atom stereocenters. The van der Waals surface area contributed by atoms with Crippen molar-refractivity contribution in [3.63, 3.8) is 0 Å². The first-order valence-corrected chi connectivity index (χ1v) is 9.69. The summed E-state index contributed by atoms with van der Waals surface area (Å²) < 4.78 is 4.85. The van der Waals surface area contributed by atoms with Crippen LogP contribution in [0.25, 0.3) is 0 Å². The molecule has 7 rings (SSSR count). The molecule has 0 aromatic rings. The maximum atomic E-state index is 12.5. The number of hydrogen-bond acceptors (Lipinski definition) is 4. The van der Waals surface area contributed by atoms with Gasteiger partial charge in [0.1, 0.15) is 0 Å². The van der Waals surface area contributed by atoms with Gasteiger partial charge in [-0.25, -0.2) is 0 Å². The Morgan fingerprint density at radius 3 is 2.21 bits per heavy atom. The molecule has 7 aliphatic rings. The molecule has 0 amide bonds. The predicted molar refractivity (Wildman–Crippen MR) is 86.5 cm³/mol. The number of methoxy groups -OCH3 is 1. The number of carbonyl (C=O) groups is 1. The van der Waals surface area contributed by atoms with Crippen molar-refractivity contribution in [3.05, 3.63) is 10.1 Å². The van der Waals surface area contributed by atoms with Crippen LogP contribution in [0.2, 0.25) is 0 Å². The highest BCUT2D eigenvalue weighted by molar-refractivity contribution is 5.69. The van der Waals surface area contributed by atoms with Crippen molar-refractivity contribution < 1.29 is 14.5 Å². The van der Waals surface area contributed by atoms with E-state index >= 15 is 0 Å². The molecule has 0 aromatic carbocycles. The monoisotopic (exact) mass is 333 g/mol. The van der Waals surface area contributed by atoms with E-state index in [2.05, 4.69) is 0 Å². The Balaban J connectivity index is 1.59. The lowest BCUT2D eigenvalue weighted by Crippen LogP contribution is -2.75. The quantitative estimate of drug-likeness (QED) is 0.450. The van der Waals surface area contributed by atoms with Crippen LogP contribution in [0.4, 0.5) is 0 Å². The fraction of sp³-hybridized carbons (Fsp3) is 0.947. The van der Waals surface area contributed by atoms with Crippen LogP contribution in [-0.4, -0.2) is 23.5 Å². The van der Waals surface area contributed by atoms with Gasteiger partial charge in [0.05, 0.1) is 13.5 Å². The van der Waals surface area contributed by atoms with Crippen molar-refractivity contribution in [1.82, 2.24) is 0 Å². The predicted octanol–water partition coefficient (Wildman–Crippen LogP) is 3.15. The van der Waals surface area contributed by atoms with E-state index in [-0.39, 0.29) is 35.1 Å². The Labute approximate surface area is 142 Å². The van der Waals surface area contributed by atoms with Gasteiger partial charge in [-0.1, -0.05) is 6.92 Å². The molecule has 0 aromatic heterocycles. The summed E-state index contributed by atoms with van der Waals surface area (Å²) in [6.07, 6.45) is 6.07. The Hall–Kier alpha value is -1.13. The van der Waals surface area contributed by atoms with Crippen LogP contribution >= 0.6 is 0 Å². The molecule has 6 unspecified atom stereocenters. The summed E-state index contributed by atoms with van der Waals surface area (Å²) in [4.78, 5) is 24.4. The summed E-state index contributed by atoms with van der Waals surface area (Å²) >= 11 is 0. The largest absolute Gasteiger partial charge is 0.469 e. The first-order chi connectivity index (χ1) is 11.5. The third kappa shape index (κ3) is 1.55. The Morgan fingerprint density at radius 2 is 1.67 bits per heavy atom. The number of carbonyl (C=O) groups excluding carboxylic acids is 1. The van der Waals surface area contributed by atoms with E-state index < -0.39 is 5.54 Å². The number of ether oxygens (including phenoxy) is 1. The van der Waals surface area contributed by atoms with Gasteiger partial charge >= 0.3 is 5.97 Å². The van der Waals surface area contributed by atoms with Crippen LogP contribution in [0.3, 0.4) is 0 Å². The van der Waals surface area contributed by atoms with Crippen molar-refractivity contribution in [2.45, 2.75) is 51.0 Å². The highest BCUT2D eigenvalue weighted by atomic mass is 16.6. The zero-order valence-corrected chi connectivity index (χ0v) is 14.5. The molecule has 0 spiro atoms. The van der Waals surface area contributed by atoms with E-state index in [0.29, 0.717) is 11.8 Å². The standard InChI is InChI=1S/C19H27NO4/c1-9(3-17(21)24-2)19(20(22)23)11-7-13-12-4-10-5-15(13)18(19)16(6-10)14(12)8-11/h9-16,18H,3-8H2,1-2H3. The molecule has 132 valence electrons. The minimum absolute atomic E-state index is 0.0602. The summed E-state index contributed by atoms with van der Waals surface area (Å²) in [5, 5.41) is 12.5. The lowest BCUT2D eigenvalue weighted by Gasteiger charge is -2.72. The molecular formula is C19H27NO4. The van der Waals surface area contributed by atoms with Gasteiger partial charge in [0.25, 0.3) is 0 Å². The minimum atomic E-state index is -0.885. The lowest BCUT2D eigenvalue weighted by molar-refractivity contribution is -0.625. The Bertz CT molecular complexity index is 582. The summed E-state index contributed by atoms with van der Waals surface area (Å²) in [5.41, 5.74) is -0.885. The smallest absolute Gasteiger partial charge is 0.306 e. The normalized spacial score (nSPS) is 54.1. The maximum absolute atomic E-state index is 12.5. The topological polar surface area (TPSA) is 69.4 Å². The maximum Gasteiger partial charge on any atom is 0.306 e. The van der Waals surface area contributed by atoms with Gasteiger partial charge < -0.3 is 4.74 Å². The lowest BCUT2D eigenvalue weighted by atomic mass is 9.31. The first kappa shape index (κ1) is 15.2. The number of nitrogens with zero attached hydrogens (tertiary/aromatic N) is 1. The molecule has 5 heteroatoms. The van der Waals surface area contributed by atoms with Crippen LogP contribution in [0.15, 0.2) is 0 Å². The van der Waals surface area contributed by atoms with Crippen molar-refractivity contribution in [2.24, 2.45) is 53.3 Å². The molecular weight excluding hydrogens is 306 g/mol. The first-order valence-electron chi connectivity index (χ1n) is 9.69. The van der Waals surface area contributed by atoms with E-state index in [1.165, 1.54) is 26.4 Å². The average molecular weight is 333 g/mol. The average Bonchev–Trinajstić information content (AvgIpc) is 2.57. The second-order valence-corrected chi connectivity index (χ2v) is 9.41. The van der Waals surface area contributed by atoms with Crippen LogP contribution < -0.4 is 0 Å². The molecule has 0 saturated heterocycles. The number of nitro groups is 1. The Morgan fingerprint density at radius 1 is 1.12 bits per heavy atom. The van der Waals surface area contributed by atoms with E-state index in [1.54, 1.807) is 0 Å². The van der Waals surface area contributed by atoms with Gasteiger partial charge in [-0.15, -0.1) is 0 Å². The van der Waals surface area contributed by atoms with Crippen molar-refractivity contribution in [2.75, 3.05) is 7.11 Å². The number of rotatable bonds is 4. The summed E-state index contributed by atoms with van der Waals surface area (Å²) in [6, 6.07) is 0. The van der Waals surface area contributed by atoms with Crippen LogP contribution in [0, 0.1) is 63.4 Å². The summed E-state index contributed by atoms with van der Waals surface area (Å²) in [6.45, 7) is 1.94. The molecule has 7 fully saturated rings. The van der Waals surface area contributed by atoms with Gasteiger partial charge in [-0.05, 0) is 67.6 Å². The fourth-order valence-corrected chi connectivity index (χ4v) is 8.70. The van der Waals surface area contributed by atoms with Crippen LogP contribution in [0.1, 0.15) is 45.4 Å². The molecule has 7 aliphatic carbocycles. The van der Waals surface area contributed by atoms with E-state index in [9.17, 15) is 14.9 Å². The zero-order chi connectivity index (χ0) is 16.8. The highest BCUT2D eigenvalue weighted by Crippen LogP contribution is 2.75. The van der Waals surface area contributed by atoms with Crippen LogP contribution in [-0.2, 0) is 9.53 Å². The molecule has 8 bridgehead atoms. The third-order valence-electron chi connectivity index (χ3n) is 9.05. The summed E-state index contributed by atoms with van der Waals surface area (Å²) in [7, 11) is 1.38. The molecule has 5 nitrogen and oxygen atoms in total. The van der Waals surface area contributed by atoms with Crippen molar-refractivity contribution in [1.29, 1.82) is 0 Å². The fourth-order valence-electron chi connectivity index (χ4n) is 8.70. The van der Waals surface area contributed by atoms with Gasteiger partial charge in [-0.3, -0.25) is 14.9 Å². The van der Waals surface area contributed by atoms with Gasteiger partial charge in [0.2, 0.25) is 5.54 Å². The van der Waals surface area contributed by atoms with Gasteiger partial charge in [0, 0.05) is 22.7 Å². The Kier molecular flexibility index (Phi) is 2.99. The van der Waals surface area contributed by atoms with E-state index in [0.717, 1.165) is 36.5 Å². The molecule has 24 heavy (non-hydrogen) atoms. The molecule has 7 saturated carbocycles. The van der Waals surface area contributed by atoms with E-state index in [4.69, 9.17) is 4.74 Å². The summed E-state index contributed by atoms with van der Waals surface area (Å²) in [5.74, 6) is 4.11. The number of hydrogen-bond donors (Lipinski definition) is 0. The van der Waals surface area contributed by atoms with Crippen LogP contribution in [0.5, 0.6) is 0 Å². The minimum Gasteiger partial charge on any atom is -0.469 e. The molecule has 0 aliphatic heterocycles.